The second-order valence-corrected chi connectivity index (χ2v) is 4.31. The van der Waals surface area contributed by atoms with Crippen molar-refractivity contribution in [3.8, 4) is 0 Å². The molecule has 3 aromatic rings. The van der Waals surface area contributed by atoms with Crippen molar-refractivity contribution in [2.75, 3.05) is 0 Å². The van der Waals surface area contributed by atoms with E-state index in [4.69, 9.17) is 4.42 Å². The standard InChI is InChI=1S/C14H15N3O/c1-17-7-6-16-14(17)10-15-9-12-8-11-4-2-3-5-13(11)18-12/h2-8,15H,9-10H2,1H3. The van der Waals surface area contributed by atoms with Gasteiger partial charge < -0.3 is 14.3 Å². The van der Waals surface area contributed by atoms with Gasteiger partial charge in [-0.2, -0.15) is 0 Å². The molecule has 0 fully saturated rings. The van der Waals surface area contributed by atoms with Crippen molar-refractivity contribution in [1.29, 1.82) is 0 Å². The minimum atomic E-state index is 0.710. The van der Waals surface area contributed by atoms with Crippen LogP contribution in [0.15, 0.2) is 47.1 Å². The van der Waals surface area contributed by atoms with E-state index in [-0.39, 0.29) is 0 Å². The van der Waals surface area contributed by atoms with Crippen molar-refractivity contribution in [2.24, 2.45) is 7.05 Å². The van der Waals surface area contributed by atoms with Crippen LogP contribution >= 0.6 is 0 Å². The van der Waals surface area contributed by atoms with E-state index in [0.717, 1.165) is 29.1 Å². The lowest BCUT2D eigenvalue weighted by Crippen LogP contribution is -2.15. The summed E-state index contributed by atoms with van der Waals surface area (Å²) in [5.74, 6) is 1.97. The molecular weight excluding hydrogens is 226 g/mol. The molecule has 2 aromatic heterocycles. The second kappa shape index (κ2) is 4.66. The Hall–Kier alpha value is -2.07. The van der Waals surface area contributed by atoms with E-state index in [1.807, 2.05) is 36.0 Å². The number of fused-ring (bicyclic) bond motifs is 1. The minimum absolute atomic E-state index is 0.710. The third-order valence-electron chi connectivity index (χ3n) is 2.98. The molecule has 0 aliphatic heterocycles. The molecule has 3 rings (SSSR count). The number of benzene rings is 1. The highest BCUT2D eigenvalue weighted by Crippen LogP contribution is 2.18. The number of rotatable bonds is 4. The molecule has 0 saturated heterocycles. The van der Waals surface area contributed by atoms with E-state index in [1.165, 1.54) is 0 Å². The maximum atomic E-state index is 5.73. The second-order valence-electron chi connectivity index (χ2n) is 4.31. The van der Waals surface area contributed by atoms with Crippen LogP contribution in [0, 0.1) is 0 Å². The first-order valence-electron chi connectivity index (χ1n) is 5.97. The Labute approximate surface area is 105 Å². The fourth-order valence-corrected chi connectivity index (χ4v) is 1.99. The quantitative estimate of drug-likeness (QED) is 0.763. The van der Waals surface area contributed by atoms with Crippen molar-refractivity contribution in [3.63, 3.8) is 0 Å². The van der Waals surface area contributed by atoms with Gasteiger partial charge >= 0.3 is 0 Å². The van der Waals surface area contributed by atoms with E-state index in [0.29, 0.717) is 6.54 Å². The lowest BCUT2D eigenvalue weighted by atomic mass is 10.2. The van der Waals surface area contributed by atoms with Gasteiger partial charge in [0, 0.05) is 24.8 Å². The third-order valence-corrected chi connectivity index (χ3v) is 2.98. The number of aromatic nitrogens is 2. The molecule has 0 amide bonds. The van der Waals surface area contributed by atoms with Crippen LogP contribution in [0.25, 0.3) is 11.0 Å². The Bertz CT molecular complexity index is 621. The van der Waals surface area contributed by atoms with Gasteiger partial charge in [-0.15, -0.1) is 0 Å². The minimum Gasteiger partial charge on any atom is -0.460 e. The molecule has 0 aliphatic rings. The Kier molecular flexibility index (Phi) is 2.86. The smallest absolute Gasteiger partial charge is 0.134 e. The Balaban J connectivity index is 1.65. The van der Waals surface area contributed by atoms with E-state index < -0.39 is 0 Å². The first-order valence-corrected chi connectivity index (χ1v) is 5.97. The summed E-state index contributed by atoms with van der Waals surface area (Å²) >= 11 is 0. The number of imidazole rings is 1. The fraction of sp³-hybridized carbons (Fsp3) is 0.214. The molecule has 4 nitrogen and oxygen atoms in total. The van der Waals surface area contributed by atoms with E-state index in [1.54, 1.807) is 6.20 Å². The van der Waals surface area contributed by atoms with E-state index in [9.17, 15) is 0 Å². The first-order chi connectivity index (χ1) is 8.83. The molecule has 2 heterocycles. The number of para-hydroxylation sites is 1. The number of aryl methyl sites for hydroxylation is 1. The van der Waals surface area contributed by atoms with Crippen LogP contribution in [0.5, 0.6) is 0 Å². The van der Waals surface area contributed by atoms with Crippen LogP contribution in [0.1, 0.15) is 11.6 Å². The van der Waals surface area contributed by atoms with Gasteiger partial charge in [0.2, 0.25) is 0 Å². The van der Waals surface area contributed by atoms with Gasteiger partial charge in [0.25, 0.3) is 0 Å². The predicted molar refractivity (Wildman–Crippen MR) is 70.0 cm³/mol. The van der Waals surface area contributed by atoms with Gasteiger partial charge in [-0.3, -0.25) is 0 Å². The summed E-state index contributed by atoms with van der Waals surface area (Å²) in [6, 6.07) is 10.1. The molecule has 1 N–H and O–H groups in total. The number of nitrogens with one attached hydrogen (secondary N) is 1. The topological polar surface area (TPSA) is 43.0 Å². The summed E-state index contributed by atoms with van der Waals surface area (Å²) in [7, 11) is 1.99. The van der Waals surface area contributed by atoms with Crippen LogP contribution in [0.4, 0.5) is 0 Å². The van der Waals surface area contributed by atoms with Gasteiger partial charge in [0.15, 0.2) is 0 Å². The molecular formula is C14H15N3O. The lowest BCUT2D eigenvalue weighted by molar-refractivity contribution is 0.507. The van der Waals surface area contributed by atoms with Crippen molar-refractivity contribution < 1.29 is 4.42 Å². The number of hydrogen-bond acceptors (Lipinski definition) is 3. The fourth-order valence-electron chi connectivity index (χ4n) is 1.99. The average Bonchev–Trinajstić information content (AvgIpc) is 2.96. The Morgan fingerprint density at radius 3 is 2.94 bits per heavy atom. The molecule has 0 saturated carbocycles. The zero-order valence-corrected chi connectivity index (χ0v) is 10.3. The Morgan fingerprint density at radius 2 is 2.17 bits per heavy atom. The van der Waals surface area contributed by atoms with E-state index in [2.05, 4.69) is 22.4 Å². The molecule has 0 atom stereocenters. The third kappa shape index (κ3) is 2.15. The predicted octanol–water partition coefficient (Wildman–Crippen LogP) is 2.46. The van der Waals surface area contributed by atoms with Crippen molar-refractivity contribution in [2.45, 2.75) is 13.1 Å². The monoisotopic (exact) mass is 241 g/mol. The van der Waals surface area contributed by atoms with Crippen LogP contribution < -0.4 is 5.32 Å². The molecule has 0 spiro atoms. The number of nitrogens with zero attached hydrogens (tertiary/aromatic N) is 2. The van der Waals surface area contributed by atoms with Crippen LogP contribution in [-0.2, 0) is 20.1 Å². The highest BCUT2D eigenvalue weighted by Gasteiger charge is 2.03. The largest absolute Gasteiger partial charge is 0.460 e. The van der Waals surface area contributed by atoms with Gasteiger partial charge in [0.1, 0.15) is 17.2 Å². The number of furan rings is 1. The summed E-state index contributed by atoms with van der Waals surface area (Å²) in [5.41, 5.74) is 0.936. The zero-order valence-electron chi connectivity index (χ0n) is 10.3. The number of hydrogen-bond donors (Lipinski definition) is 1. The van der Waals surface area contributed by atoms with Crippen LogP contribution in [-0.4, -0.2) is 9.55 Å². The summed E-state index contributed by atoms with van der Waals surface area (Å²) in [5, 5.41) is 4.47. The zero-order chi connectivity index (χ0) is 12.4. The maximum Gasteiger partial charge on any atom is 0.134 e. The molecule has 0 bridgehead atoms. The molecule has 0 aliphatic carbocycles. The molecule has 1 aromatic carbocycles. The molecule has 0 unspecified atom stereocenters. The summed E-state index contributed by atoms with van der Waals surface area (Å²) < 4.78 is 7.73. The molecule has 18 heavy (non-hydrogen) atoms. The van der Waals surface area contributed by atoms with Crippen molar-refractivity contribution >= 4 is 11.0 Å². The average molecular weight is 241 g/mol. The Morgan fingerprint density at radius 1 is 1.28 bits per heavy atom. The molecule has 92 valence electrons. The lowest BCUT2D eigenvalue weighted by Gasteiger charge is -2.02. The molecule has 0 radical (unpaired) electrons. The summed E-state index contributed by atoms with van der Waals surface area (Å²) in [6.45, 7) is 1.45. The van der Waals surface area contributed by atoms with Gasteiger partial charge in [-0.05, 0) is 12.1 Å². The van der Waals surface area contributed by atoms with Crippen molar-refractivity contribution in [1.82, 2.24) is 14.9 Å². The first kappa shape index (κ1) is 11.0. The van der Waals surface area contributed by atoms with Gasteiger partial charge in [0.05, 0.1) is 13.1 Å². The maximum absolute atomic E-state index is 5.73. The highest BCUT2D eigenvalue weighted by atomic mass is 16.3. The highest BCUT2D eigenvalue weighted by molar-refractivity contribution is 5.77. The van der Waals surface area contributed by atoms with Crippen LogP contribution in [0.3, 0.4) is 0 Å². The van der Waals surface area contributed by atoms with Crippen LogP contribution in [0.2, 0.25) is 0 Å². The SMILES string of the molecule is Cn1ccnc1CNCc1cc2ccccc2o1. The summed E-state index contributed by atoms with van der Waals surface area (Å²) in [4.78, 5) is 4.26. The van der Waals surface area contributed by atoms with Gasteiger partial charge in [-0.25, -0.2) is 4.98 Å². The normalized spacial score (nSPS) is 11.2. The van der Waals surface area contributed by atoms with Gasteiger partial charge in [-0.1, -0.05) is 18.2 Å². The summed E-state index contributed by atoms with van der Waals surface area (Å²) in [6.07, 6.45) is 3.75. The van der Waals surface area contributed by atoms with E-state index >= 15 is 0 Å². The molecule has 4 heteroatoms. The van der Waals surface area contributed by atoms with Crippen molar-refractivity contribution in [3.05, 3.63) is 54.3 Å².